The number of benzene rings is 1. The SMILES string of the molecule is CCC(CC)N(CC(=O)Nc1cc(C)on1)c1ccc(C)c(C)c1. The number of nitrogens with one attached hydrogen (secondary N) is 1. The van der Waals surface area contributed by atoms with E-state index in [0.29, 0.717) is 24.2 Å². The lowest BCUT2D eigenvalue weighted by Crippen LogP contribution is -2.40. The highest BCUT2D eigenvalue weighted by Gasteiger charge is 2.20. The van der Waals surface area contributed by atoms with Gasteiger partial charge < -0.3 is 14.7 Å². The molecule has 0 unspecified atom stereocenters. The number of rotatable bonds is 7. The smallest absolute Gasteiger partial charge is 0.245 e. The van der Waals surface area contributed by atoms with Crippen LogP contribution in [0, 0.1) is 20.8 Å². The zero-order chi connectivity index (χ0) is 17.7. The van der Waals surface area contributed by atoms with Gasteiger partial charge in [-0.05, 0) is 56.9 Å². The fraction of sp³-hybridized carbons (Fsp3) is 0.474. The van der Waals surface area contributed by atoms with Crippen molar-refractivity contribution in [1.29, 1.82) is 0 Å². The minimum absolute atomic E-state index is 0.0894. The standard InChI is InChI=1S/C19H27N3O2/c1-6-16(7-2)22(17-9-8-13(3)14(4)10-17)12-19(23)20-18-11-15(5)24-21-18/h8-11,16H,6-7,12H2,1-5H3,(H,20,21,23). The van der Waals surface area contributed by atoms with Crippen LogP contribution in [0.1, 0.15) is 43.6 Å². The molecule has 1 N–H and O–H groups in total. The van der Waals surface area contributed by atoms with Crippen LogP contribution in [-0.2, 0) is 4.79 Å². The van der Waals surface area contributed by atoms with E-state index in [-0.39, 0.29) is 5.91 Å². The predicted molar refractivity (Wildman–Crippen MR) is 97.5 cm³/mol. The summed E-state index contributed by atoms with van der Waals surface area (Å²) in [6.07, 6.45) is 1.97. The van der Waals surface area contributed by atoms with E-state index in [1.54, 1.807) is 13.0 Å². The van der Waals surface area contributed by atoms with Gasteiger partial charge in [0.15, 0.2) is 5.82 Å². The molecule has 0 bridgehead atoms. The van der Waals surface area contributed by atoms with Crippen molar-refractivity contribution in [3.05, 3.63) is 41.2 Å². The van der Waals surface area contributed by atoms with Crippen molar-refractivity contribution in [3.63, 3.8) is 0 Å². The summed E-state index contributed by atoms with van der Waals surface area (Å²) in [6.45, 7) is 10.6. The van der Waals surface area contributed by atoms with Gasteiger partial charge in [-0.15, -0.1) is 0 Å². The van der Waals surface area contributed by atoms with E-state index < -0.39 is 0 Å². The van der Waals surface area contributed by atoms with Gasteiger partial charge in [-0.2, -0.15) is 0 Å². The molecule has 0 fully saturated rings. The topological polar surface area (TPSA) is 58.4 Å². The summed E-state index contributed by atoms with van der Waals surface area (Å²) >= 11 is 0. The molecule has 1 aromatic carbocycles. The second-order valence-electron chi connectivity index (χ2n) is 6.24. The molecule has 0 spiro atoms. The largest absolute Gasteiger partial charge is 0.360 e. The first kappa shape index (κ1) is 18.0. The number of carbonyl (C=O) groups excluding carboxylic acids is 1. The molecule has 130 valence electrons. The summed E-state index contributed by atoms with van der Waals surface area (Å²) in [4.78, 5) is 14.6. The maximum absolute atomic E-state index is 12.5. The molecule has 5 nitrogen and oxygen atoms in total. The highest BCUT2D eigenvalue weighted by molar-refractivity contribution is 5.93. The molecule has 0 saturated carbocycles. The average Bonchev–Trinajstić information content (AvgIpc) is 2.95. The molecule has 0 aliphatic carbocycles. The predicted octanol–water partition coefficient (Wildman–Crippen LogP) is 4.23. The van der Waals surface area contributed by atoms with E-state index in [9.17, 15) is 4.79 Å². The number of nitrogens with zero attached hydrogens (tertiary/aromatic N) is 2. The molecule has 0 aliphatic heterocycles. The monoisotopic (exact) mass is 329 g/mol. The van der Waals surface area contributed by atoms with Crippen LogP contribution in [0.4, 0.5) is 11.5 Å². The van der Waals surface area contributed by atoms with Crippen molar-refractivity contribution in [2.75, 3.05) is 16.8 Å². The Morgan fingerprint density at radius 1 is 1.17 bits per heavy atom. The molecule has 1 amide bonds. The first-order valence-electron chi connectivity index (χ1n) is 8.51. The van der Waals surface area contributed by atoms with E-state index in [4.69, 9.17) is 4.52 Å². The van der Waals surface area contributed by atoms with Gasteiger partial charge in [0, 0.05) is 17.8 Å². The lowest BCUT2D eigenvalue weighted by atomic mass is 10.1. The highest BCUT2D eigenvalue weighted by Crippen LogP contribution is 2.23. The number of amides is 1. The number of hydrogen-bond donors (Lipinski definition) is 1. The molecular formula is C19H27N3O2. The first-order valence-corrected chi connectivity index (χ1v) is 8.51. The molecular weight excluding hydrogens is 302 g/mol. The number of anilines is 2. The zero-order valence-corrected chi connectivity index (χ0v) is 15.2. The summed E-state index contributed by atoms with van der Waals surface area (Å²) in [6, 6.07) is 8.39. The van der Waals surface area contributed by atoms with Crippen molar-refractivity contribution < 1.29 is 9.32 Å². The molecule has 1 aromatic heterocycles. The second kappa shape index (κ2) is 7.99. The molecule has 0 aliphatic rings. The Bertz CT molecular complexity index is 690. The minimum Gasteiger partial charge on any atom is -0.360 e. The number of aromatic nitrogens is 1. The molecule has 2 rings (SSSR count). The Labute approximate surface area is 144 Å². The van der Waals surface area contributed by atoms with Crippen LogP contribution in [0.5, 0.6) is 0 Å². The van der Waals surface area contributed by atoms with Crippen LogP contribution in [0.25, 0.3) is 0 Å². The summed E-state index contributed by atoms with van der Waals surface area (Å²) in [7, 11) is 0. The van der Waals surface area contributed by atoms with E-state index in [1.807, 2.05) is 0 Å². The first-order chi connectivity index (χ1) is 11.4. The summed E-state index contributed by atoms with van der Waals surface area (Å²) < 4.78 is 5.00. The Morgan fingerprint density at radius 3 is 2.42 bits per heavy atom. The van der Waals surface area contributed by atoms with Crippen molar-refractivity contribution in [1.82, 2.24) is 5.16 Å². The Morgan fingerprint density at radius 2 is 1.88 bits per heavy atom. The van der Waals surface area contributed by atoms with Crippen LogP contribution in [-0.4, -0.2) is 23.7 Å². The van der Waals surface area contributed by atoms with Crippen LogP contribution in [0.3, 0.4) is 0 Å². The van der Waals surface area contributed by atoms with Crippen molar-refractivity contribution >= 4 is 17.4 Å². The third kappa shape index (κ3) is 4.37. The van der Waals surface area contributed by atoms with Gasteiger partial charge in [0.2, 0.25) is 5.91 Å². The summed E-state index contributed by atoms with van der Waals surface area (Å²) in [5.41, 5.74) is 3.57. The molecule has 0 saturated heterocycles. The summed E-state index contributed by atoms with van der Waals surface area (Å²) in [5.74, 6) is 1.05. The van der Waals surface area contributed by atoms with Crippen LogP contribution < -0.4 is 10.2 Å². The average molecular weight is 329 g/mol. The van der Waals surface area contributed by atoms with Crippen molar-refractivity contribution in [2.24, 2.45) is 0 Å². The van der Waals surface area contributed by atoms with Gasteiger partial charge in [-0.25, -0.2) is 0 Å². The Balaban J connectivity index is 2.19. The molecule has 5 heteroatoms. The lowest BCUT2D eigenvalue weighted by molar-refractivity contribution is -0.115. The van der Waals surface area contributed by atoms with Crippen LogP contribution in [0.15, 0.2) is 28.8 Å². The van der Waals surface area contributed by atoms with E-state index in [2.05, 4.69) is 61.3 Å². The molecule has 0 radical (unpaired) electrons. The van der Waals surface area contributed by atoms with Gasteiger partial charge in [0.05, 0.1) is 6.54 Å². The fourth-order valence-corrected chi connectivity index (χ4v) is 2.83. The van der Waals surface area contributed by atoms with Crippen molar-refractivity contribution in [3.8, 4) is 0 Å². The molecule has 0 atom stereocenters. The molecule has 24 heavy (non-hydrogen) atoms. The number of aryl methyl sites for hydroxylation is 3. The third-order valence-electron chi connectivity index (χ3n) is 4.41. The van der Waals surface area contributed by atoms with Gasteiger partial charge in [-0.1, -0.05) is 25.1 Å². The normalized spacial score (nSPS) is 10.9. The van der Waals surface area contributed by atoms with Gasteiger partial charge in [0.1, 0.15) is 5.76 Å². The second-order valence-corrected chi connectivity index (χ2v) is 6.24. The highest BCUT2D eigenvalue weighted by atomic mass is 16.5. The van der Waals surface area contributed by atoms with Crippen LogP contribution >= 0.6 is 0 Å². The Kier molecular flexibility index (Phi) is 6.01. The Hall–Kier alpha value is -2.30. The van der Waals surface area contributed by atoms with Gasteiger partial charge >= 0.3 is 0 Å². The van der Waals surface area contributed by atoms with Gasteiger partial charge in [-0.3, -0.25) is 4.79 Å². The fourth-order valence-electron chi connectivity index (χ4n) is 2.83. The summed E-state index contributed by atoms with van der Waals surface area (Å²) in [5, 5.41) is 6.63. The van der Waals surface area contributed by atoms with E-state index in [1.165, 1.54) is 11.1 Å². The molecule has 1 heterocycles. The molecule has 2 aromatic rings. The quantitative estimate of drug-likeness (QED) is 0.825. The van der Waals surface area contributed by atoms with E-state index in [0.717, 1.165) is 18.5 Å². The minimum atomic E-state index is -0.0894. The lowest BCUT2D eigenvalue weighted by Gasteiger charge is -2.32. The van der Waals surface area contributed by atoms with Crippen LogP contribution in [0.2, 0.25) is 0 Å². The van der Waals surface area contributed by atoms with Gasteiger partial charge in [0.25, 0.3) is 0 Å². The van der Waals surface area contributed by atoms with E-state index >= 15 is 0 Å². The third-order valence-corrected chi connectivity index (χ3v) is 4.41. The maximum Gasteiger partial charge on any atom is 0.245 e. The zero-order valence-electron chi connectivity index (χ0n) is 15.2. The maximum atomic E-state index is 12.5. The number of hydrogen-bond acceptors (Lipinski definition) is 4. The van der Waals surface area contributed by atoms with Crippen molar-refractivity contribution in [2.45, 2.75) is 53.5 Å². The number of carbonyl (C=O) groups is 1.